The van der Waals surface area contributed by atoms with E-state index >= 15 is 0 Å². The number of fused-ring (bicyclic) bond motifs is 1. The lowest BCUT2D eigenvalue weighted by atomic mass is 10.1. The summed E-state index contributed by atoms with van der Waals surface area (Å²) in [7, 11) is 0. The average Bonchev–Trinajstić information content (AvgIpc) is 2.88. The zero-order valence-corrected chi connectivity index (χ0v) is 13.5. The Morgan fingerprint density at radius 2 is 1.83 bits per heavy atom. The van der Waals surface area contributed by atoms with Crippen LogP contribution >= 0.6 is 0 Å². The lowest BCUT2D eigenvalue weighted by Crippen LogP contribution is -2.14. The van der Waals surface area contributed by atoms with Crippen molar-refractivity contribution in [2.75, 3.05) is 5.32 Å². The molecule has 1 N–H and O–H groups in total. The molecule has 0 atom stereocenters. The maximum atomic E-state index is 13.3. The molecule has 0 aliphatic heterocycles. The molecule has 0 saturated carbocycles. The fourth-order valence-corrected chi connectivity index (χ4v) is 2.53. The normalized spacial score (nSPS) is 11.2. The van der Waals surface area contributed by atoms with Crippen LogP contribution in [0.3, 0.4) is 0 Å². The van der Waals surface area contributed by atoms with Crippen LogP contribution in [0.1, 0.15) is 35.9 Å². The molecule has 3 aromatic rings. The average molecular weight is 330 g/mol. The quantitative estimate of drug-likeness (QED) is 0.793. The summed E-state index contributed by atoms with van der Waals surface area (Å²) in [5.74, 6) is -1.98. The Balaban J connectivity index is 2.03. The van der Waals surface area contributed by atoms with Crippen LogP contribution in [0.4, 0.5) is 14.5 Å². The number of hydrogen-bond donors (Lipinski definition) is 1. The van der Waals surface area contributed by atoms with Gasteiger partial charge in [-0.05, 0) is 39.0 Å². The van der Waals surface area contributed by atoms with Gasteiger partial charge < -0.3 is 5.32 Å². The van der Waals surface area contributed by atoms with Crippen LogP contribution in [0.5, 0.6) is 0 Å². The Bertz CT molecular complexity index is 913. The minimum Gasteiger partial charge on any atom is -0.322 e. The van der Waals surface area contributed by atoms with E-state index in [1.54, 1.807) is 23.9 Å². The summed E-state index contributed by atoms with van der Waals surface area (Å²) >= 11 is 0. The van der Waals surface area contributed by atoms with Crippen LogP contribution in [0, 0.1) is 18.6 Å². The molecule has 24 heavy (non-hydrogen) atoms. The van der Waals surface area contributed by atoms with Crippen LogP contribution in [-0.2, 0) is 0 Å². The van der Waals surface area contributed by atoms with Crippen LogP contribution in [0.15, 0.2) is 30.5 Å². The number of anilines is 1. The first-order chi connectivity index (χ1) is 11.3. The van der Waals surface area contributed by atoms with Crippen molar-refractivity contribution in [3.05, 3.63) is 53.4 Å². The van der Waals surface area contributed by atoms with Crippen molar-refractivity contribution in [1.82, 2.24) is 14.8 Å². The molecule has 1 aromatic carbocycles. The molecule has 124 valence electrons. The van der Waals surface area contributed by atoms with Gasteiger partial charge in [0.2, 0.25) is 0 Å². The van der Waals surface area contributed by atoms with Crippen molar-refractivity contribution in [3.8, 4) is 0 Å². The van der Waals surface area contributed by atoms with Crippen LogP contribution in [0.2, 0.25) is 0 Å². The molecular formula is C17H16F2N4O. The summed E-state index contributed by atoms with van der Waals surface area (Å²) < 4.78 is 28.3. The SMILES string of the molecule is Cc1cc(C(=O)Nc2cc(F)cc(F)c2)c2cnn(C(C)C)c2n1. The predicted octanol–water partition coefficient (Wildman–Crippen LogP) is 3.85. The maximum Gasteiger partial charge on any atom is 0.256 e. The van der Waals surface area contributed by atoms with Gasteiger partial charge in [-0.25, -0.2) is 18.4 Å². The minimum absolute atomic E-state index is 0.0522. The molecule has 0 bridgehead atoms. The molecule has 0 fully saturated rings. The number of hydrogen-bond acceptors (Lipinski definition) is 3. The van der Waals surface area contributed by atoms with Crippen molar-refractivity contribution in [3.63, 3.8) is 0 Å². The third-order valence-electron chi connectivity index (χ3n) is 3.55. The molecule has 0 spiro atoms. The molecule has 2 heterocycles. The number of carbonyl (C=O) groups excluding carboxylic acids is 1. The molecule has 1 amide bonds. The third-order valence-corrected chi connectivity index (χ3v) is 3.55. The van der Waals surface area contributed by atoms with E-state index in [4.69, 9.17) is 0 Å². The van der Waals surface area contributed by atoms with Crippen LogP contribution in [-0.4, -0.2) is 20.7 Å². The summed E-state index contributed by atoms with van der Waals surface area (Å²) in [5, 5.41) is 7.37. The molecule has 7 heteroatoms. The fraction of sp³-hybridized carbons (Fsp3) is 0.235. The van der Waals surface area contributed by atoms with Gasteiger partial charge in [-0.15, -0.1) is 0 Å². The standard InChI is InChI=1S/C17H16F2N4O/c1-9(2)23-16-15(8-20-23)14(4-10(3)21-16)17(24)22-13-6-11(18)5-12(19)7-13/h4-9H,1-3H3,(H,22,24). The first-order valence-electron chi connectivity index (χ1n) is 7.47. The Morgan fingerprint density at radius 1 is 1.17 bits per heavy atom. The summed E-state index contributed by atoms with van der Waals surface area (Å²) in [6, 6.07) is 4.58. The smallest absolute Gasteiger partial charge is 0.256 e. The lowest BCUT2D eigenvalue weighted by molar-refractivity contribution is 0.102. The molecule has 5 nitrogen and oxygen atoms in total. The Kier molecular flexibility index (Phi) is 4.01. The number of rotatable bonds is 3. The first kappa shape index (κ1) is 16.0. The number of nitrogens with one attached hydrogen (secondary N) is 1. The van der Waals surface area contributed by atoms with E-state index in [0.717, 1.165) is 18.2 Å². The highest BCUT2D eigenvalue weighted by atomic mass is 19.1. The van der Waals surface area contributed by atoms with E-state index in [2.05, 4.69) is 15.4 Å². The zero-order valence-electron chi connectivity index (χ0n) is 13.5. The van der Waals surface area contributed by atoms with E-state index in [9.17, 15) is 13.6 Å². The van der Waals surface area contributed by atoms with Crippen molar-refractivity contribution in [2.24, 2.45) is 0 Å². The minimum atomic E-state index is -0.756. The Hall–Kier alpha value is -2.83. The van der Waals surface area contributed by atoms with E-state index in [1.807, 2.05) is 13.8 Å². The fourth-order valence-electron chi connectivity index (χ4n) is 2.53. The molecular weight excluding hydrogens is 314 g/mol. The lowest BCUT2D eigenvalue weighted by Gasteiger charge is -2.10. The van der Waals surface area contributed by atoms with Gasteiger partial charge >= 0.3 is 0 Å². The second-order valence-corrected chi connectivity index (χ2v) is 5.84. The highest BCUT2D eigenvalue weighted by molar-refractivity contribution is 6.12. The van der Waals surface area contributed by atoms with Gasteiger partial charge in [0.05, 0.1) is 17.1 Å². The number of amides is 1. The van der Waals surface area contributed by atoms with Crippen molar-refractivity contribution in [1.29, 1.82) is 0 Å². The Labute approximate surface area is 137 Å². The van der Waals surface area contributed by atoms with Gasteiger partial charge in [0, 0.05) is 23.5 Å². The van der Waals surface area contributed by atoms with E-state index in [0.29, 0.717) is 22.3 Å². The topological polar surface area (TPSA) is 59.8 Å². The molecule has 2 aromatic heterocycles. The van der Waals surface area contributed by atoms with E-state index < -0.39 is 17.5 Å². The van der Waals surface area contributed by atoms with Gasteiger partial charge in [0.25, 0.3) is 5.91 Å². The van der Waals surface area contributed by atoms with Gasteiger partial charge in [-0.2, -0.15) is 5.10 Å². The summed E-state index contributed by atoms with van der Waals surface area (Å²) in [4.78, 5) is 17.0. The number of aryl methyl sites for hydroxylation is 1. The van der Waals surface area contributed by atoms with Gasteiger partial charge in [-0.3, -0.25) is 4.79 Å². The van der Waals surface area contributed by atoms with Crippen molar-refractivity contribution < 1.29 is 13.6 Å². The number of pyridine rings is 1. The van der Waals surface area contributed by atoms with Crippen molar-refractivity contribution >= 4 is 22.6 Å². The number of aromatic nitrogens is 3. The summed E-state index contributed by atoms with van der Waals surface area (Å²) in [5.41, 5.74) is 1.66. The van der Waals surface area contributed by atoms with E-state index in [-0.39, 0.29) is 11.7 Å². The molecule has 0 aliphatic carbocycles. The van der Waals surface area contributed by atoms with Gasteiger partial charge in [0.15, 0.2) is 5.65 Å². The maximum absolute atomic E-state index is 13.3. The van der Waals surface area contributed by atoms with Crippen LogP contribution in [0.25, 0.3) is 11.0 Å². The Morgan fingerprint density at radius 3 is 2.46 bits per heavy atom. The molecule has 0 aliphatic rings. The van der Waals surface area contributed by atoms with Gasteiger partial charge in [0.1, 0.15) is 11.6 Å². The number of benzene rings is 1. The highest BCUT2D eigenvalue weighted by Crippen LogP contribution is 2.22. The summed E-state index contributed by atoms with van der Waals surface area (Å²) in [6.07, 6.45) is 1.57. The first-order valence-corrected chi connectivity index (χ1v) is 7.47. The molecule has 3 rings (SSSR count). The number of carbonyl (C=O) groups is 1. The monoisotopic (exact) mass is 330 g/mol. The highest BCUT2D eigenvalue weighted by Gasteiger charge is 2.17. The number of nitrogens with zero attached hydrogens (tertiary/aromatic N) is 3. The zero-order chi connectivity index (χ0) is 17.4. The predicted molar refractivity (Wildman–Crippen MR) is 87.0 cm³/mol. The van der Waals surface area contributed by atoms with Gasteiger partial charge in [-0.1, -0.05) is 0 Å². The molecule has 0 unspecified atom stereocenters. The molecule has 0 radical (unpaired) electrons. The second-order valence-electron chi connectivity index (χ2n) is 5.84. The largest absolute Gasteiger partial charge is 0.322 e. The number of halogens is 2. The van der Waals surface area contributed by atoms with Crippen molar-refractivity contribution in [2.45, 2.75) is 26.8 Å². The second kappa shape index (κ2) is 5.99. The third kappa shape index (κ3) is 2.97. The molecule has 0 saturated heterocycles. The van der Waals surface area contributed by atoms with Crippen LogP contribution < -0.4 is 5.32 Å². The summed E-state index contributed by atoms with van der Waals surface area (Å²) in [6.45, 7) is 5.70. The van der Waals surface area contributed by atoms with E-state index in [1.165, 1.54) is 0 Å².